The summed E-state index contributed by atoms with van der Waals surface area (Å²) in [6.07, 6.45) is 0.860. The summed E-state index contributed by atoms with van der Waals surface area (Å²) in [5, 5.41) is 20.4. The Hall–Kier alpha value is -0.490. The maximum atomic E-state index is 10.6. The molecule has 7 nitrogen and oxygen atoms in total. The van der Waals surface area contributed by atoms with Crippen molar-refractivity contribution >= 4 is 41.3 Å². The highest BCUT2D eigenvalue weighted by Gasteiger charge is 2.25. The predicted octanol–water partition coefficient (Wildman–Crippen LogP) is 1.25. The first-order chi connectivity index (χ1) is 12.0. The minimum absolute atomic E-state index is 0. The van der Waals surface area contributed by atoms with Crippen LogP contribution in [0.1, 0.15) is 24.5 Å². The standard InChI is InChI=1S/C17H31N5O2S.HI/c1-4-18-16(19-6-5-15-11-25-14(2)21-15)20-12-17(3,23)13-22-7-9-24-10-8-22;/h11,23H,4-10,12-13H2,1-3H3,(H2,18,19,20);1H. The monoisotopic (exact) mass is 497 g/mol. The van der Waals surface area contributed by atoms with E-state index in [9.17, 15) is 5.11 Å². The van der Waals surface area contributed by atoms with E-state index < -0.39 is 5.60 Å². The number of aromatic nitrogens is 1. The van der Waals surface area contributed by atoms with E-state index in [0.29, 0.717) is 13.1 Å². The van der Waals surface area contributed by atoms with Gasteiger partial charge < -0.3 is 20.5 Å². The summed E-state index contributed by atoms with van der Waals surface area (Å²) >= 11 is 1.67. The largest absolute Gasteiger partial charge is 0.387 e. The van der Waals surface area contributed by atoms with E-state index in [1.165, 1.54) is 0 Å². The number of hydrogen-bond acceptors (Lipinski definition) is 6. The summed E-state index contributed by atoms with van der Waals surface area (Å²) in [5.74, 6) is 0.733. The Balaban J connectivity index is 0.00000338. The van der Waals surface area contributed by atoms with Crippen LogP contribution in [0, 0.1) is 6.92 Å². The first-order valence-electron chi connectivity index (χ1n) is 8.94. The van der Waals surface area contributed by atoms with Gasteiger partial charge in [0.25, 0.3) is 0 Å². The first kappa shape index (κ1) is 23.5. The number of nitrogens with one attached hydrogen (secondary N) is 2. The molecule has 150 valence electrons. The molecule has 1 aromatic rings. The third kappa shape index (κ3) is 8.94. The van der Waals surface area contributed by atoms with Crippen molar-refractivity contribution in [1.29, 1.82) is 0 Å². The Morgan fingerprint density at radius 2 is 2.15 bits per heavy atom. The van der Waals surface area contributed by atoms with Gasteiger partial charge in [-0.2, -0.15) is 0 Å². The number of halogens is 1. The van der Waals surface area contributed by atoms with E-state index in [2.05, 4.69) is 30.9 Å². The molecule has 0 amide bonds. The minimum Gasteiger partial charge on any atom is -0.387 e. The van der Waals surface area contributed by atoms with Crippen LogP contribution in [0.25, 0.3) is 0 Å². The molecule has 0 aliphatic carbocycles. The fourth-order valence-electron chi connectivity index (χ4n) is 2.71. The molecule has 1 atom stereocenters. The van der Waals surface area contributed by atoms with Crippen molar-refractivity contribution in [3.05, 3.63) is 16.1 Å². The van der Waals surface area contributed by atoms with Gasteiger partial charge in [-0.15, -0.1) is 35.3 Å². The fourth-order valence-corrected chi connectivity index (χ4v) is 3.36. The van der Waals surface area contributed by atoms with Crippen LogP contribution in [0.15, 0.2) is 10.4 Å². The van der Waals surface area contributed by atoms with Gasteiger partial charge in [-0.05, 0) is 20.8 Å². The number of ether oxygens (including phenoxy) is 1. The predicted molar refractivity (Wildman–Crippen MR) is 118 cm³/mol. The minimum atomic E-state index is -0.855. The van der Waals surface area contributed by atoms with E-state index in [1.807, 2.05) is 20.8 Å². The molecule has 26 heavy (non-hydrogen) atoms. The first-order valence-corrected chi connectivity index (χ1v) is 9.82. The number of thiazole rings is 1. The lowest BCUT2D eigenvalue weighted by molar-refractivity contribution is -0.0179. The Morgan fingerprint density at radius 1 is 1.42 bits per heavy atom. The van der Waals surface area contributed by atoms with Crippen LogP contribution in [0.3, 0.4) is 0 Å². The number of rotatable bonds is 8. The second-order valence-corrected chi connectivity index (χ2v) is 7.68. The van der Waals surface area contributed by atoms with E-state index >= 15 is 0 Å². The Morgan fingerprint density at radius 3 is 2.77 bits per heavy atom. The zero-order valence-electron chi connectivity index (χ0n) is 16.0. The van der Waals surface area contributed by atoms with Crippen molar-refractivity contribution in [1.82, 2.24) is 20.5 Å². The zero-order valence-corrected chi connectivity index (χ0v) is 19.1. The van der Waals surface area contributed by atoms with E-state index in [-0.39, 0.29) is 24.0 Å². The number of guanidine groups is 1. The lowest BCUT2D eigenvalue weighted by atomic mass is 10.1. The van der Waals surface area contributed by atoms with Gasteiger partial charge in [0, 0.05) is 44.5 Å². The normalized spacial score (nSPS) is 18.1. The third-order valence-electron chi connectivity index (χ3n) is 3.93. The SMILES string of the molecule is CCNC(=NCC(C)(O)CN1CCOCC1)NCCc1csc(C)n1.I. The van der Waals surface area contributed by atoms with Crippen LogP contribution in [0.2, 0.25) is 0 Å². The molecule has 0 radical (unpaired) electrons. The van der Waals surface area contributed by atoms with Gasteiger partial charge in [-0.1, -0.05) is 0 Å². The highest BCUT2D eigenvalue weighted by atomic mass is 127. The number of aliphatic hydroxyl groups is 1. The second-order valence-electron chi connectivity index (χ2n) is 6.62. The Labute approximate surface area is 177 Å². The van der Waals surface area contributed by atoms with Gasteiger partial charge >= 0.3 is 0 Å². The molecule has 0 saturated carbocycles. The number of aryl methyl sites for hydroxylation is 1. The zero-order chi connectivity index (χ0) is 18.1. The van der Waals surface area contributed by atoms with Crippen LogP contribution in [0.4, 0.5) is 0 Å². The Bertz CT molecular complexity index is 547. The number of nitrogens with zero attached hydrogens (tertiary/aromatic N) is 3. The molecule has 0 spiro atoms. The van der Waals surface area contributed by atoms with Gasteiger partial charge in [0.05, 0.1) is 36.1 Å². The van der Waals surface area contributed by atoms with E-state index in [4.69, 9.17) is 4.74 Å². The molecule has 9 heteroatoms. The highest BCUT2D eigenvalue weighted by molar-refractivity contribution is 14.0. The van der Waals surface area contributed by atoms with Crippen molar-refractivity contribution in [2.45, 2.75) is 32.8 Å². The smallest absolute Gasteiger partial charge is 0.191 e. The molecule has 1 aliphatic rings. The summed E-state index contributed by atoms with van der Waals surface area (Å²) in [6, 6.07) is 0. The fraction of sp³-hybridized carbons (Fsp3) is 0.765. The molecule has 1 saturated heterocycles. The van der Waals surface area contributed by atoms with Crippen molar-refractivity contribution in [2.75, 3.05) is 52.5 Å². The van der Waals surface area contributed by atoms with Crippen molar-refractivity contribution in [3.8, 4) is 0 Å². The second kappa shape index (κ2) is 12.1. The highest BCUT2D eigenvalue weighted by Crippen LogP contribution is 2.09. The van der Waals surface area contributed by atoms with Crippen LogP contribution in [-0.4, -0.2) is 79.0 Å². The molecule has 3 N–H and O–H groups in total. The van der Waals surface area contributed by atoms with Crippen molar-refractivity contribution < 1.29 is 9.84 Å². The van der Waals surface area contributed by atoms with E-state index in [0.717, 1.165) is 62.5 Å². The van der Waals surface area contributed by atoms with Gasteiger partial charge in [0.2, 0.25) is 0 Å². The number of morpholine rings is 1. The molecule has 1 aliphatic heterocycles. The quantitative estimate of drug-likeness (QED) is 0.285. The van der Waals surface area contributed by atoms with Crippen LogP contribution in [0.5, 0.6) is 0 Å². The van der Waals surface area contributed by atoms with Crippen molar-refractivity contribution in [3.63, 3.8) is 0 Å². The van der Waals surface area contributed by atoms with Gasteiger partial charge in [0.15, 0.2) is 5.96 Å². The van der Waals surface area contributed by atoms with E-state index in [1.54, 1.807) is 11.3 Å². The molecule has 1 unspecified atom stereocenters. The molecule has 2 heterocycles. The summed E-state index contributed by atoms with van der Waals surface area (Å²) in [7, 11) is 0. The summed E-state index contributed by atoms with van der Waals surface area (Å²) in [5.41, 5.74) is 0.247. The summed E-state index contributed by atoms with van der Waals surface area (Å²) in [4.78, 5) is 11.2. The molecule has 0 aromatic carbocycles. The third-order valence-corrected chi connectivity index (χ3v) is 4.75. The Kier molecular flexibility index (Phi) is 10.9. The molecular weight excluding hydrogens is 465 g/mol. The molecule has 1 fully saturated rings. The maximum absolute atomic E-state index is 10.6. The van der Waals surface area contributed by atoms with Crippen LogP contribution >= 0.6 is 35.3 Å². The average molecular weight is 497 g/mol. The number of β-amino-alcohol motifs (C(OH)–C–C–N with tert-alkyl or cyclic N) is 1. The summed E-state index contributed by atoms with van der Waals surface area (Å²) in [6.45, 7) is 11.6. The van der Waals surface area contributed by atoms with Gasteiger partial charge in [-0.3, -0.25) is 9.89 Å². The molecule has 2 rings (SSSR count). The van der Waals surface area contributed by atoms with Gasteiger partial charge in [-0.25, -0.2) is 4.98 Å². The van der Waals surface area contributed by atoms with Gasteiger partial charge in [0.1, 0.15) is 0 Å². The average Bonchev–Trinajstić information content (AvgIpc) is 2.98. The van der Waals surface area contributed by atoms with Crippen LogP contribution < -0.4 is 10.6 Å². The molecule has 1 aromatic heterocycles. The molecule has 0 bridgehead atoms. The molecular formula is C17H32IN5O2S. The maximum Gasteiger partial charge on any atom is 0.191 e. The number of hydrogen-bond donors (Lipinski definition) is 3. The number of aliphatic imine (C=N–C) groups is 1. The lowest BCUT2D eigenvalue weighted by Gasteiger charge is -2.33. The van der Waals surface area contributed by atoms with Crippen LogP contribution in [-0.2, 0) is 11.2 Å². The van der Waals surface area contributed by atoms with Crippen molar-refractivity contribution in [2.24, 2.45) is 4.99 Å². The topological polar surface area (TPSA) is 82.0 Å². The summed E-state index contributed by atoms with van der Waals surface area (Å²) < 4.78 is 5.35. The lowest BCUT2D eigenvalue weighted by Crippen LogP contribution is -2.48.